The van der Waals surface area contributed by atoms with Crippen molar-refractivity contribution in [1.29, 1.82) is 0 Å². The fourth-order valence-corrected chi connectivity index (χ4v) is 3.79. The Morgan fingerprint density at radius 3 is 2.35 bits per heavy atom. The first-order valence-corrected chi connectivity index (χ1v) is 8.53. The molecule has 23 heavy (non-hydrogen) atoms. The van der Waals surface area contributed by atoms with Crippen LogP contribution in [0.3, 0.4) is 0 Å². The number of amides is 1. The van der Waals surface area contributed by atoms with Crippen LogP contribution in [0.4, 0.5) is 13.6 Å². The molecule has 134 valence electrons. The van der Waals surface area contributed by atoms with E-state index in [4.69, 9.17) is 9.47 Å². The summed E-state index contributed by atoms with van der Waals surface area (Å²) in [5.74, 6) is -2.65. The summed E-state index contributed by atoms with van der Waals surface area (Å²) in [6.45, 7) is 4.63. The molecule has 0 aromatic rings. The first kappa shape index (κ1) is 18.4. The fourth-order valence-electron chi connectivity index (χ4n) is 3.79. The van der Waals surface area contributed by atoms with E-state index in [2.05, 4.69) is 0 Å². The van der Waals surface area contributed by atoms with Crippen molar-refractivity contribution >= 4 is 6.09 Å². The molecule has 1 amide bonds. The molecule has 2 fully saturated rings. The van der Waals surface area contributed by atoms with Crippen molar-refractivity contribution < 1.29 is 23.0 Å². The van der Waals surface area contributed by atoms with E-state index in [9.17, 15) is 13.6 Å². The normalized spacial score (nSPS) is 27.0. The zero-order chi connectivity index (χ0) is 17.3. The second-order valence-electron chi connectivity index (χ2n) is 7.83. The summed E-state index contributed by atoms with van der Waals surface area (Å²) < 4.78 is 38.9. The first-order chi connectivity index (χ1) is 10.6. The molecule has 0 radical (unpaired) electrons. The average molecular weight is 333 g/mol. The van der Waals surface area contributed by atoms with Crippen molar-refractivity contribution in [2.24, 2.45) is 5.92 Å². The van der Waals surface area contributed by atoms with Gasteiger partial charge in [-0.05, 0) is 39.5 Å². The molecule has 2 rings (SSSR count). The molecule has 0 N–H and O–H groups in total. The van der Waals surface area contributed by atoms with Gasteiger partial charge in [0, 0.05) is 13.5 Å². The maximum Gasteiger partial charge on any atom is 0.410 e. The highest BCUT2D eigenvalue weighted by atomic mass is 19.3. The van der Waals surface area contributed by atoms with Crippen molar-refractivity contribution in [1.82, 2.24) is 4.90 Å². The third-order valence-electron chi connectivity index (χ3n) is 4.70. The van der Waals surface area contributed by atoms with Gasteiger partial charge in [-0.15, -0.1) is 0 Å². The van der Waals surface area contributed by atoms with Gasteiger partial charge in [-0.2, -0.15) is 0 Å². The number of alkyl halides is 2. The number of nitrogens with zero attached hydrogens (tertiary/aromatic N) is 1. The van der Waals surface area contributed by atoms with Gasteiger partial charge < -0.3 is 9.47 Å². The van der Waals surface area contributed by atoms with E-state index in [1.54, 1.807) is 27.9 Å². The molecule has 2 atom stereocenters. The topological polar surface area (TPSA) is 38.8 Å². The largest absolute Gasteiger partial charge is 0.444 e. The summed E-state index contributed by atoms with van der Waals surface area (Å²) in [4.78, 5) is 13.6. The summed E-state index contributed by atoms with van der Waals surface area (Å²) >= 11 is 0. The summed E-state index contributed by atoms with van der Waals surface area (Å²) in [6, 6.07) is -0.618. The molecule has 1 aliphatic carbocycles. The van der Waals surface area contributed by atoms with E-state index in [-0.39, 0.29) is 18.4 Å². The number of methoxy groups -OCH3 is 1. The molecule has 6 heteroatoms. The Labute approximate surface area is 137 Å². The standard InChI is InChI=1S/C17H29F2NO3/c1-16(2,3)23-15(21)20-11-17(18,19)10-13(20)14(22-4)12-8-6-5-7-9-12/h12-14H,5-11H2,1-4H3/t13-,14?/m0/s1. The maximum atomic E-state index is 14.0. The third-order valence-corrected chi connectivity index (χ3v) is 4.70. The van der Waals surface area contributed by atoms with Gasteiger partial charge in [0.1, 0.15) is 5.60 Å². The van der Waals surface area contributed by atoms with Crippen molar-refractivity contribution in [3.05, 3.63) is 0 Å². The first-order valence-electron chi connectivity index (χ1n) is 8.53. The Balaban J connectivity index is 2.16. The minimum Gasteiger partial charge on any atom is -0.444 e. The Bertz CT molecular complexity index is 417. The van der Waals surface area contributed by atoms with Gasteiger partial charge in [-0.3, -0.25) is 4.90 Å². The SMILES string of the molecule is COC(C1CCCCC1)[C@@H]1CC(F)(F)CN1C(=O)OC(C)(C)C. The molecule has 1 saturated carbocycles. The number of hydrogen-bond donors (Lipinski definition) is 0. The Morgan fingerprint density at radius 1 is 1.22 bits per heavy atom. The van der Waals surface area contributed by atoms with Crippen LogP contribution in [0.15, 0.2) is 0 Å². The van der Waals surface area contributed by atoms with Crippen LogP contribution in [-0.4, -0.2) is 48.3 Å². The average Bonchev–Trinajstić information content (AvgIpc) is 2.75. The summed E-state index contributed by atoms with van der Waals surface area (Å²) in [7, 11) is 1.56. The number of halogens is 2. The number of carbonyl (C=O) groups is 1. The molecule has 2 aliphatic rings. The van der Waals surface area contributed by atoms with E-state index in [1.807, 2.05) is 0 Å². The van der Waals surface area contributed by atoms with Gasteiger partial charge >= 0.3 is 6.09 Å². The third kappa shape index (κ3) is 4.78. The lowest BCUT2D eigenvalue weighted by molar-refractivity contribution is -0.0320. The Kier molecular flexibility index (Phi) is 5.54. The summed E-state index contributed by atoms with van der Waals surface area (Å²) in [6.07, 6.45) is 3.96. The molecule has 1 aliphatic heterocycles. The number of carbonyl (C=O) groups excluding carboxylic acids is 1. The monoisotopic (exact) mass is 333 g/mol. The van der Waals surface area contributed by atoms with Gasteiger partial charge in [0.05, 0.1) is 18.7 Å². The number of hydrogen-bond acceptors (Lipinski definition) is 3. The highest BCUT2D eigenvalue weighted by Crippen LogP contribution is 2.39. The quantitative estimate of drug-likeness (QED) is 0.776. The number of likely N-dealkylation sites (tertiary alicyclic amines) is 1. The lowest BCUT2D eigenvalue weighted by atomic mass is 9.82. The van der Waals surface area contributed by atoms with Crippen LogP contribution in [0.1, 0.15) is 59.3 Å². The van der Waals surface area contributed by atoms with E-state index < -0.39 is 30.2 Å². The van der Waals surface area contributed by atoms with E-state index >= 15 is 0 Å². The Morgan fingerprint density at radius 2 is 1.83 bits per heavy atom. The van der Waals surface area contributed by atoms with Crippen molar-refractivity contribution in [3.8, 4) is 0 Å². The molecule has 0 bridgehead atoms. The predicted molar refractivity (Wildman–Crippen MR) is 83.7 cm³/mol. The Hall–Kier alpha value is -0.910. The molecule has 1 unspecified atom stereocenters. The van der Waals surface area contributed by atoms with Gasteiger partial charge in [-0.1, -0.05) is 19.3 Å². The van der Waals surface area contributed by atoms with Crippen LogP contribution in [0.2, 0.25) is 0 Å². The van der Waals surface area contributed by atoms with E-state index in [1.165, 1.54) is 11.3 Å². The zero-order valence-electron chi connectivity index (χ0n) is 14.6. The minimum atomic E-state index is -2.88. The molecule has 4 nitrogen and oxygen atoms in total. The molecule has 0 aromatic heterocycles. The molecular formula is C17H29F2NO3. The van der Waals surface area contributed by atoms with E-state index in [0.29, 0.717) is 0 Å². The summed E-state index contributed by atoms with van der Waals surface area (Å²) in [5.41, 5.74) is -0.701. The minimum absolute atomic E-state index is 0.234. The van der Waals surface area contributed by atoms with Gasteiger partial charge in [-0.25, -0.2) is 13.6 Å². The highest BCUT2D eigenvalue weighted by molar-refractivity contribution is 5.69. The molecule has 0 spiro atoms. The van der Waals surface area contributed by atoms with Crippen LogP contribution in [0.5, 0.6) is 0 Å². The zero-order valence-corrected chi connectivity index (χ0v) is 14.6. The maximum absolute atomic E-state index is 14.0. The number of ether oxygens (including phenoxy) is 2. The molecule has 0 aromatic carbocycles. The lowest BCUT2D eigenvalue weighted by Crippen LogP contribution is -2.48. The van der Waals surface area contributed by atoms with Gasteiger partial charge in [0.25, 0.3) is 5.92 Å². The second kappa shape index (κ2) is 6.91. The van der Waals surface area contributed by atoms with Gasteiger partial charge in [0.2, 0.25) is 0 Å². The highest BCUT2D eigenvalue weighted by Gasteiger charge is 2.52. The van der Waals surface area contributed by atoms with Crippen LogP contribution in [0.25, 0.3) is 0 Å². The van der Waals surface area contributed by atoms with Gasteiger partial charge in [0.15, 0.2) is 0 Å². The molecule has 1 saturated heterocycles. The van der Waals surface area contributed by atoms with Crippen LogP contribution >= 0.6 is 0 Å². The van der Waals surface area contributed by atoms with Crippen LogP contribution < -0.4 is 0 Å². The smallest absolute Gasteiger partial charge is 0.410 e. The van der Waals surface area contributed by atoms with Crippen molar-refractivity contribution in [3.63, 3.8) is 0 Å². The predicted octanol–water partition coefficient (Wildman–Crippen LogP) is 4.23. The second-order valence-corrected chi connectivity index (χ2v) is 7.83. The fraction of sp³-hybridized carbons (Fsp3) is 0.941. The van der Waals surface area contributed by atoms with Crippen LogP contribution in [0, 0.1) is 5.92 Å². The lowest BCUT2D eigenvalue weighted by Gasteiger charge is -2.37. The van der Waals surface area contributed by atoms with E-state index in [0.717, 1.165) is 25.7 Å². The van der Waals surface area contributed by atoms with Crippen molar-refractivity contribution in [2.75, 3.05) is 13.7 Å². The summed E-state index contributed by atoms with van der Waals surface area (Å²) in [5, 5.41) is 0. The molecule has 1 heterocycles. The number of rotatable bonds is 3. The van der Waals surface area contributed by atoms with Crippen LogP contribution in [-0.2, 0) is 9.47 Å². The van der Waals surface area contributed by atoms with Crippen molar-refractivity contribution in [2.45, 2.75) is 83.0 Å². The molecular weight excluding hydrogens is 304 g/mol.